The maximum Gasteiger partial charge on any atom is 0.350 e. The summed E-state index contributed by atoms with van der Waals surface area (Å²) in [5, 5.41) is 4.34. The van der Waals surface area contributed by atoms with Crippen LogP contribution in [0.2, 0.25) is 0 Å². The number of rotatable bonds is 1. The molecule has 4 N–H and O–H groups in total. The van der Waals surface area contributed by atoms with Gasteiger partial charge in [0.2, 0.25) is 0 Å². The van der Waals surface area contributed by atoms with Crippen molar-refractivity contribution in [3.63, 3.8) is 0 Å². The van der Waals surface area contributed by atoms with E-state index in [-0.39, 0.29) is 5.82 Å². The third-order valence-electron chi connectivity index (χ3n) is 2.05. The second kappa shape index (κ2) is 3.12. The topological polar surface area (TPSA) is 110 Å². The molecule has 0 radical (unpaired) electrons. The zero-order valence-electron chi connectivity index (χ0n) is 7.94. The minimum Gasteiger partial charge on any atom is -0.397 e. The van der Waals surface area contributed by atoms with E-state index in [1.54, 1.807) is 13.0 Å². The summed E-state index contributed by atoms with van der Waals surface area (Å²) in [4.78, 5) is 26.4. The molecule has 0 unspecified atom stereocenters. The van der Waals surface area contributed by atoms with Crippen LogP contribution in [0, 0.1) is 6.92 Å². The molecule has 0 aromatic carbocycles. The predicted octanol–water partition coefficient (Wildman–Crippen LogP) is -0.860. The van der Waals surface area contributed by atoms with E-state index in [4.69, 9.17) is 5.73 Å². The molecule has 0 aliphatic carbocycles. The van der Waals surface area contributed by atoms with Crippen LogP contribution in [0.15, 0.2) is 21.9 Å². The van der Waals surface area contributed by atoms with E-state index in [9.17, 15) is 9.59 Å². The summed E-state index contributed by atoms with van der Waals surface area (Å²) in [5.41, 5.74) is 5.73. The molecule has 0 amide bonds. The summed E-state index contributed by atoms with van der Waals surface area (Å²) in [6.07, 6.45) is 1.41. The Labute approximate surface area is 83.6 Å². The van der Waals surface area contributed by atoms with E-state index >= 15 is 0 Å². The lowest BCUT2D eigenvalue weighted by Gasteiger charge is -2.01. The van der Waals surface area contributed by atoms with Gasteiger partial charge in [0.15, 0.2) is 0 Å². The summed E-state index contributed by atoms with van der Waals surface area (Å²) >= 11 is 0. The number of nitrogens with two attached hydrogens (primary N) is 1. The van der Waals surface area contributed by atoms with E-state index in [1.165, 1.54) is 6.20 Å². The quantitative estimate of drug-likeness (QED) is 0.565. The van der Waals surface area contributed by atoms with Gasteiger partial charge in [-0.1, -0.05) is 0 Å². The van der Waals surface area contributed by atoms with Crippen LogP contribution < -0.4 is 17.1 Å². The lowest BCUT2D eigenvalue weighted by molar-refractivity contribution is 0.906. The van der Waals surface area contributed by atoms with Gasteiger partial charge in [-0.3, -0.25) is 0 Å². The lowest BCUT2D eigenvalue weighted by atomic mass is 10.2. The Morgan fingerprint density at radius 3 is 2.47 bits per heavy atom. The summed E-state index contributed by atoms with van der Waals surface area (Å²) in [6, 6.07) is 1.57. The predicted molar refractivity (Wildman–Crippen MR) is 54.0 cm³/mol. The highest BCUT2D eigenvalue weighted by atomic mass is 16.2. The smallest absolute Gasteiger partial charge is 0.350 e. The Balaban J connectivity index is 2.70. The first kappa shape index (κ1) is 9.25. The Morgan fingerprint density at radius 1 is 1.33 bits per heavy atom. The van der Waals surface area contributed by atoms with Gasteiger partial charge in [0.25, 0.3) is 0 Å². The van der Waals surface area contributed by atoms with Gasteiger partial charge in [-0.2, -0.15) is 4.57 Å². The van der Waals surface area contributed by atoms with Gasteiger partial charge in [0.1, 0.15) is 5.82 Å². The summed E-state index contributed by atoms with van der Waals surface area (Å²) < 4.78 is 0.895. The number of anilines is 1. The maximum atomic E-state index is 11.2. The summed E-state index contributed by atoms with van der Waals surface area (Å²) in [7, 11) is 0. The molecule has 2 heterocycles. The maximum absolute atomic E-state index is 11.2. The lowest BCUT2D eigenvalue weighted by Crippen LogP contribution is -2.25. The molecule has 7 heteroatoms. The molecule has 0 fully saturated rings. The second-order valence-electron chi connectivity index (χ2n) is 3.09. The van der Waals surface area contributed by atoms with E-state index < -0.39 is 11.4 Å². The average molecular weight is 207 g/mol. The van der Waals surface area contributed by atoms with Gasteiger partial charge in [0, 0.05) is 0 Å². The van der Waals surface area contributed by atoms with Gasteiger partial charge in [-0.15, -0.1) is 0 Å². The fourth-order valence-corrected chi connectivity index (χ4v) is 1.19. The van der Waals surface area contributed by atoms with E-state index in [2.05, 4.69) is 15.2 Å². The molecule has 0 spiro atoms. The van der Waals surface area contributed by atoms with Crippen molar-refractivity contribution in [3.8, 4) is 5.82 Å². The van der Waals surface area contributed by atoms with E-state index in [0.29, 0.717) is 5.69 Å². The van der Waals surface area contributed by atoms with Crippen molar-refractivity contribution in [2.24, 2.45) is 0 Å². The van der Waals surface area contributed by atoms with Gasteiger partial charge in [-0.05, 0) is 18.6 Å². The zero-order valence-corrected chi connectivity index (χ0v) is 7.94. The van der Waals surface area contributed by atoms with Crippen molar-refractivity contribution < 1.29 is 0 Å². The molecule has 0 atom stereocenters. The molecule has 0 bridgehead atoms. The van der Waals surface area contributed by atoms with Gasteiger partial charge < -0.3 is 5.73 Å². The number of nitrogens with one attached hydrogen (secondary N) is 2. The standard InChI is InChI=1S/C8H9N5O2/c1-4-2-6(10-3-5(4)9)13-7(14)11-12-8(13)15/h2-3H,9H2,1H3,(H,11,14)(H,12,15). The van der Waals surface area contributed by atoms with Gasteiger partial charge in [0.05, 0.1) is 11.9 Å². The van der Waals surface area contributed by atoms with Crippen molar-refractivity contribution in [2.75, 3.05) is 5.73 Å². The third-order valence-corrected chi connectivity index (χ3v) is 2.05. The number of aromatic amines is 2. The normalized spacial score (nSPS) is 10.5. The fraction of sp³-hybridized carbons (Fsp3) is 0.125. The molecule has 2 aromatic heterocycles. The molecule has 7 nitrogen and oxygen atoms in total. The largest absolute Gasteiger partial charge is 0.397 e. The highest BCUT2D eigenvalue weighted by Gasteiger charge is 2.07. The first-order valence-electron chi connectivity index (χ1n) is 4.22. The molecule has 2 rings (SSSR count). The minimum atomic E-state index is -0.559. The van der Waals surface area contributed by atoms with Crippen LogP contribution in [-0.2, 0) is 0 Å². The third kappa shape index (κ3) is 1.43. The Bertz CT molecular complexity index is 578. The van der Waals surface area contributed by atoms with Crippen LogP contribution in [-0.4, -0.2) is 19.7 Å². The van der Waals surface area contributed by atoms with Crippen LogP contribution in [0.5, 0.6) is 0 Å². The number of aryl methyl sites for hydroxylation is 1. The second-order valence-corrected chi connectivity index (χ2v) is 3.09. The molecular formula is C8H9N5O2. The zero-order chi connectivity index (χ0) is 11.0. The summed E-state index contributed by atoms with van der Waals surface area (Å²) in [5.74, 6) is 0.245. The first-order chi connectivity index (χ1) is 7.09. The highest BCUT2D eigenvalue weighted by Crippen LogP contribution is 2.10. The summed E-state index contributed by atoms with van der Waals surface area (Å²) in [6.45, 7) is 1.77. The Hall–Kier alpha value is -2.31. The Kier molecular flexibility index (Phi) is 1.93. The number of nitrogens with zero attached hydrogens (tertiary/aromatic N) is 2. The monoisotopic (exact) mass is 207 g/mol. The van der Waals surface area contributed by atoms with E-state index in [0.717, 1.165) is 10.1 Å². The molecule has 0 saturated carbocycles. The molecule has 78 valence electrons. The number of pyridine rings is 1. The van der Waals surface area contributed by atoms with E-state index in [1.807, 2.05) is 0 Å². The van der Waals surface area contributed by atoms with Crippen LogP contribution in [0.1, 0.15) is 5.56 Å². The van der Waals surface area contributed by atoms with Crippen molar-refractivity contribution in [1.29, 1.82) is 0 Å². The Morgan fingerprint density at radius 2 is 1.93 bits per heavy atom. The fourth-order valence-electron chi connectivity index (χ4n) is 1.19. The van der Waals surface area contributed by atoms with Crippen molar-refractivity contribution in [2.45, 2.75) is 6.92 Å². The van der Waals surface area contributed by atoms with Crippen molar-refractivity contribution in [3.05, 3.63) is 38.8 Å². The van der Waals surface area contributed by atoms with Crippen molar-refractivity contribution in [1.82, 2.24) is 19.7 Å². The van der Waals surface area contributed by atoms with Crippen LogP contribution in [0.4, 0.5) is 5.69 Å². The highest BCUT2D eigenvalue weighted by molar-refractivity contribution is 5.47. The van der Waals surface area contributed by atoms with Crippen LogP contribution in [0.3, 0.4) is 0 Å². The van der Waals surface area contributed by atoms with Gasteiger partial charge in [-0.25, -0.2) is 24.8 Å². The molecule has 15 heavy (non-hydrogen) atoms. The number of hydrogen-bond acceptors (Lipinski definition) is 4. The number of H-pyrrole nitrogens is 2. The molecule has 2 aromatic rings. The average Bonchev–Trinajstić information content (AvgIpc) is 2.52. The SMILES string of the molecule is Cc1cc(-n2c(=O)[nH][nH]c2=O)ncc1N. The molecule has 0 aliphatic heterocycles. The number of hydrogen-bond donors (Lipinski definition) is 3. The molecule has 0 saturated heterocycles. The molecular weight excluding hydrogens is 198 g/mol. The van der Waals surface area contributed by atoms with Gasteiger partial charge >= 0.3 is 11.4 Å². The molecule has 0 aliphatic rings. The van der Waals surface area contributed by atoms with Crippen LogP contribution in [0.25, 0.3) is 5.82 Å². The van der Waals surface area contributed by atoms with Crippen molar-refractivity contribution >= 4 is 5.69 Å². The first-order valence-corrected chi connectivity index (χ1v) is 4.22. The van der Waals surface area contributed by atoms with Crippen LogP contribution >= 0.6 is 0 Å². The minimum absolute atomic E-state index is 0.245. The number of aromatic nitrogens is 4. The number of nitrogen functional groups attached to an aromatic ring is 1.